The molecule has 26 heavy (non-hydrogen) atoms. The van der Waals surface area contributed by atoms with Crippen molar-refractivity contribution in [3.05, 3.63) is 13.0 Å². The van der Waals surface area contributed by atoms with Crippen LogP contribution in [0.15, 0.2) is 0 Å². The smallest absolute Gasteiger partial charge is 0.223 e. The van der Waals surface area contributed by atoms with Crippen LogP contribution in [0.25, 0.3) is 0 Å². The van der Waals surface area contributed by atoms with Gasteiger partial charge in [-0.05, 0) is 56.2 Å². The molecule has 2 radical (unpaired) electrons. The van der Waals surface area contributed by atoms with E-state index >= 15 is 0 Å². The molecule has 1 heterocycles. The molecule has 1 fully saturated rings. The second-order valence-corrected chi connectivity index (χ2v) is 14.5. The van der Waals surface area contributed by atoms with Crippen molar-refractivity contribution in [1.29, 1.82) is 0 Å². The minimum atomic E-state index is -1.76. The number of hydrogen-bond acceptors (Lipinski definition) is 2. The van der Waals surface area contributed by atoms with Gasteiger partial charge in [0.25, 0.3) is 0 Å². The molecule has 152 valence electrons. The summed E-state index contributed by atoms with van der Waals surface area (Å²) in [5.41, 5.74) is 0. The molecule has 0 aliphatic carbocycles. The molecule has 1 atom stereocenters. The first-order chi connectivity index (χ1) is 12.0. The summed E-state index contributed by atoms with van der Waals surface area (Å²) in [6, 6.07) is 0.236. The van der Waals surface area contributed by atoms with Gasteiger partial charge in [0.1, 0.15) is 0 Å². The lowest BCUT2D eigenvalue weighted by atomic mass is 10.0. The summed E-state index contributed by atoms with van der Waals surface area (Å²) in [6.45, 7) is 18.7. The standard InChI is InChI=1S/C22H43NO2Si/c1-19(2)14-11-9-8-10-12-17-23-20(15-13-16-21(23)24)18-25-26(6,7)22(3,4)5/h14,17,19-20H,8-13,15-16,18H2,1-7H3/t20-/m1/s1. The number of carbonyl (C=O) groups is 1. The molecule has 1 saturated heterocycles. The van der Waals surface area contributed by atoms with Crippen LogP contribution in [-0.4, -0.2) is 31.8 Å². The molecule has 0 saturated carbocycles. The van der Waals surface area contributed by atoms with E-state index in [0.717, 1.165) is 19.3 Å². The van der Waals surface area contributed by atoms with Crippen molar-refractivity contribution in [2.45, 2.75) is 110 Å². The lowest BCUT2D eigenvalue weighted by molar-refractivity contribution is -0.135. The molecular weight excluding hydrogens is 338 g/mol. The van der Waals surface area contributed by atoms with Gasteiger partial charge < -0.3 is 9.33 Å². The summed E-state index contributed by atoms with van der Waals surface area (Å²) in [6.07, 6.45) is 11.0. The minimum Gasteiger partial charge on any atom is -0.415 e. The summed E-state index contributed by atoms with van der Waals surface area (Å²) in [7, 11) is -1.76. The molecule has 0 aromatic rings. The van der Waals surface area contributed by atoms with Crippen LogP contribution in [0.2, 0.25) is 18.1 Å². The Bertz CT molecular complexity index is 415. The fourth-order valence-electron chi connectivity index (χ4n) is 3.04. The van der Waals surface area contributed by atoms with E-state index in [2.05, 4.69) is 60.7 Å². The van der Waals surface area contributed by atoms with Gasteiger partial charge in [-0.1, -0.05) is 53.9 Å². The third-order valence-corrected chi connectivity index (χ3v) is 10.4. The first-order valence-corrected chi connectivity index (χ1v) is 13.6. The van der Waals surface area contributed by atoms with E-state index in [4.69, 9.17) is 4.43 Å². The molecule has 1 rings (SSSR count). The Balaban J connectivity index is 2.39. The van der Waals surface area contributed by atoms with Crippen molar-refractivity contribution in [2.24, 2.45) is 5.92 Å². The topological polar surface area (TPSA) is 29.5 Å². The zero-order valence-corrected chi connectivity index (χ0v) is 19.4. The Labute approximate surface area is 164 Å². The zero-order valence-electron chi connectivity index (χ0n) is 18.4. The molecule has 0 bridgehead atoms. The summed E-state index contributed by atoms with van der Waals surface area (Å²) < 4.78 is 6.41. The predicted octanol–water partition coefficient (Wildman–Crippen LogP) is 6.36. The Morgan fingerprint density at radius 3 is 2.46 bits per heavy atom. The molecule has 0 spiro atoms. The highest BCUT2D eigenvalue weighted by Gasteiger charge is 2.38. The van der Waals surface area contributed by atoms with Gasteiger partial charge in [-0.25, -0.2) is 0 Å². The number of unbranched alkanes of at least 4 members (excludes halogenated alkanes) is 4. The van der Waals surface area contributed by atoms with Crippen LogP contribution in [0.4, 0.5) is 0 Å². The van der Waals surface area contributed by atoms with Crippen molar-refractivity contribution in [1.82, 2.24) is 4.90 Å². The lowest BCUT2D eigenvalue weighted by Gasteiger charge is -2.41. The van der Waals surface area contributed by atoms with Crippen molar-refractivity contribution < 1.29 is 9.22 Å². The highest BCUT2D eigenvalue weighted by atomic mass is 28.4. The van der Waals surface area contributed by atoms with Crippen LogP contribution < -0.4 is 0 Å². The molecule has 0 unspecified atom stereocenters. The van der Waals surface area contributed by atoms with Crippen LogP contribution in [0.1, 0.15) is 86.0 Å². The maximum atomic E-state index is 12.4. The van der Waals surface area contributed by atoms with E-state index in [0.29, 0.717) is 18.9 Å². The highest BCUT2D eigenvalue weighted by Crippen LogP contribution is 2.37. The molecular formula is C22H43NO2Si. The zero-order chi connectivity index (χ0) is 19.8. The van der Waals surface area contributed by atoms with Gasteiger partial charge in [0.2, 0.25) is 5.91 Å². The molecule has 1 amide bonds. The fraction of sp³-hybridized carbons (Fsp3) is 0.864. The van der Waals surface area contributed by atoms with Gasteiger partial charge in [-0.2, -0.15) is 0 Å². The maximum Gasteiger partial charge on any atom is 0.223 e. The Morgan fingerprint density at radius 2 is 1.85 bits per heavy atom. The average molecular weight is 382 g/mol. The fourth-order valence-corrected chi connectivity index (χ4v) is 4.09. The van der Waals surface area contributed by atoms with E-state index in [1.54, 1.807) is 0 Å². The maximum absolute atomic E-state index is 12.4. The van der Waals surface area contributed by atoms with Gasteiger partial charge in [0.15, 0.2) is 8.32 Å². The van der Waals surface area contributed by atoms with Gasteiger partial charge in [-0.3, -0.25) is 4.79 Å². The number of piperidine rings is 1. The minimum absolute atomic E-state index is 0.215. The van der Waals surface area contributed by atoms with Crippen molar-refractivity contribution in [3.63, 3.8) is 0 Å². The van der Waals surface area contributed by atoms with Gasteiger partial charge in [0.05, 0.1) is 19.2 Å². The number of amides is 1. The second-order valence-electron chi connectivity index (χ2n) is 9.72. The van der Waals surface area contributed by atoms with E-state index in [9.17, 15) is 4.79 Å². The molecule has 1 aliphatic rings. The van der Waals surface area contributed by atoms with Crippen LogP contribution in [0.3, 0.4) is 0 Å². The number of likely N-dealkylation sites (tertiary alicyclic amines) is 1. The average Bonchev–Trinajstić information content (AvgIpc) is 2.52. The van der Waals surface area contributed by atoms with E-state index in [1.807, 2.05) is 4.90 Å². The monoisotopic (exact) mass is 381 g/mol. The number of hydrogen-bond donors (Lipinski definition) is 0. The molecule has 4 heteroatoms. The summed E-state index contributed by atoms with van der Waals surface area (Å²) in [5, 5.41) is 0.215. The summed E-state index contributed by atoms with van der Waals surface area (Å²) >= 11 is 0. The van der Waals surface area contributed by atoms with E-state index in [1.165, 1.54) is 25.7 Å². The highest BCUT2D eigenvalue weighted by molar-refractivity contribution is 6.74. The first-order valence-electron chi connectivity index (χ1n) is 10.7. The van der Waals surface area contributed by atoms with Crippen LogP contribution >= 0.6 is 0 Å². The van der Waals surface area contributed by atoms with E-state index < -0.39 is 8.32 Å². The normalized spacial score (nSPS) is 19.5. The van der Waals surface area contributed by atoms with Crippen molar-refractivity contribution in [2.75, 3.05) is 6.61 Å². The quantitative estimate of drug-likeness (QED) is 0.308. The van der Waals surface area contributed by atoms with Crippen molar-refractivity contribution >= 4 is 14.2 Å². The second kappa shape index (κ2) is 10.8. The Hall–Kier alpha value is -0.353. The molecule has 0 aromatic carbocycles. The van der Waals surface area contributed by atoms with Gasteiger partial charge in [-0.15, -0.1) is 0 Å². The molecule has 3 nitrogen and oxygen atoms in total. The largest absolute Gasteiger partial charge is 0.415 e. The summed E-state index contributed by atoms with van der Waals surface area (Å²) in [4.78, 5) is 14.4. The van der Waals surface area contributed by atoms with Gasteiger partial charge >= 0.3 is 0 Å². The molecule has 1 aliphatic heterocycles. The lowest BCUT2D eigenvalue weighted by Crippen LogP contribution is -2.48. The van der Waals surface area contributed by atoms with E-state index in [-0.39, 0.29) is 17.0 Å². The number of rotatable bonds is 11. The third-order valence-electron chi connectivity index (χ3n) is 5.92. The summed E-state index contributed by atoms with van der Waals surface area (Å²) in [5.74, 6) is 0.974. The van der Waals surface area contributed by atoms with Gasteiger partial charge in [0, 0.05) is 6.42 Å². The predicted molar refractivity (Wildman–Crippen MR) is 114 cm³/mol. The van der Waals surface area contributed by atoms with Crippen LogP contribution in [0.5, 0.6) is 0 Å². The molecule has 0 N–H and O–H groups in total. The molecule has 0 aromatic heterocycles. The van der Waals surface area contributed by atoms with Crippen molar-refractivity contribution in [3.8, 4) is 0 Å². The SMILES string of the molecule is CC(C)[CH]CCCCC[CH]N1C(=O)CCC[C@@H]1CO[Si](C)(C)C(C)(C)C. The van der Waals surface area contributed by atoms with Crippen LogP contribution in [0, 0.1) is 18.9 Å². The first kappa shape index (κ1) is 23.7. The third kappa shape index (κ3) is 8.12. The Morgan fingerprint density at radius 1 is 1.19 bits per heavy atom. The number of carbonyl (C=O) groups excluding carboxylic acids is 1. The number of nitrogens with zero attached hydrogens (tertiary/aromatic N) is 1. The Kier molecular flexibility index (Phi) is 9.88. The van der Waals surface area contributed by atoms with Crippen LogP contribution in [-0.2, 0) is 9.22 Å².